The third kappa shape index (κ3) is 3.14. The monoisotopic (exact) mass is 236 g/mol. The smallest absolute Gasteiger partial charge is 0.281 e. The quantitative estimate of drug-likeness (QED) is 0.732. The Labute approximate surface area is 91.9 Å². The summed E-state index contributed by atoms with van der Waals surface area (Å²) < 4.78 is 26.6. The number of hydrogen-bond donors (Lipinski definition) is 1. The highest BCUT2D eigenvalue weighted by Crippen LogP contribution is 2.16. The van der Waals surface area contributed by atoms with Crippen LogP contribution in [0, 0.1) is 0 Å². The van der Waals surface area contributed by atoms with Crippen LogP contribution in [0.25, 0.3) is 0 Å². The third-order valence-corrected chi connectivity index (χ3v) is 4.63. The maximum atomic E-state index is 11.9. The van der Waals surface area contributed by atoms with Gasteiger partial charge < -0.3 is 5.11 Å². The third-order valence-electron chi connectivity index (χ3n) is 2.67. The van der Waals surface area contributed by atoms with Crippen LogP contribution in [-0.4, -0.2) is 54.9 Å². The molecule has 0 radical (unpaired) electrons. The Morgan fingerprint density at radius 3 is 2.67 bits per heavy atom. The lowest BCUT2D eigenvalue weighted by Gasteiger charge is -2.23. The summed E-state index contributed by atoms with van der Waals surface area (Å²) in [5.41, 5.74) is 0. The summed E-state index contributed by atoms with van der Waals surface area (Å²) in [7, 11) is -1.74. The van der Waals surface area contributed by atoms with Gasteiger partial charge in [-0.25, -0.2) is 0 Å². The van der Waals surface area contributed by atoms with Gasteiger partial charge in [0.2, 0.25) is 0 Å². The Bertz CT molecular complexity index is 292. The molecule has 5 nitrogen and oxygen atoms in total. The summed E-state index contributed by atoms with van der Waals surface area (Å²) in [5, 5.41) is 9.30. The van der Waals surface area contributed by atoms with Crippen molar-refractivity contribution < 1.29 is 13.5 Å². The van der Waals surface area contributed by atoms with E-state index in [-0.39, 0.29) is 6.54 Å². The number of hydrogen-bond acceptors (Lipinski definition) is 3. The Hall–Kier alpha value is -0.170. The summed E-state index contributed by atoms with van der Waals surface area (Å²) >= 11 is 0. The molecule has 0 amide bonds. The fraction of sp³-hybridized carbons (Fsp3) is 1.00. The first-order chi connectivity index (χ1) is 6.98. The van der Waals surface area contributed by atoms with Crippen molar-refractivity contribution in [3.63, 3.8) is 0 Å². The summed E-state index contributed by atoms with van der Waals surface area (Å²) in [6.07, 6.45) is 1.88. The second-order valence-corrected chi connectivity index (χ2v) is 6.02. The van der Waals surface area contributed by atoms with Crippen LogP contribution < -0.4 is 0 Å². The molecule has 0 bridgehead atoms. The highest BCUT2D eigenvalue weighted by Gasteiger charge is 2.32. The van der Waals surface area contributed by atoms with Crippen LogP contribution in [0.1, 0.15) is 26.2 Å². The van der Waals surface area contributed by atoms with E-state index in [1.165, 1.54) is 8.61 Å². The maximum Gasteiger partial charge on any atom is 0.281 e. The van der Waals surface area contributed by atoms with E-state index in [4.69, 9.17) is 0 Å². The molecule has 1 saturated heterocycles. The molecule has 90 valence electrons. The van der Waals surface area contributed by atoms with Crippen LogP contribution in [0.4, 0.5) is 0 Å². The molecule has 0 saturated carbocycles. The topological polar surface area (TPSA) is 60.9 Å². The Balaban J connectivity index is 2.57. The first kappa shape index (κ1) is 12.9. The molecule has 1 rings (SSSR count). The van der Waals surface area contributed by atoms with E-state index in [9.17, 15) is 13.5 Å². The summed E-state index contributed by atoms with van der Waals surface area (Å²) in [6.45, 7) is 3.24. The molecule has 0 aromatic carbocycles. The zero-order valence-electron chi connectivity index (χ0n) is 9.39. The molecule has 0 aromatic heterocycles. The molecule has 0 spiro atoms. The van der Waals surface area contributed by atoms with E-state index >= 15 is 0 Å². The number of unbranched alkanes of at least 4 members (excludes halogenated alkanes) is 1. The Kier molecular flexibility index (Phi) is 4.51. The van der Waals surface area contributed by atoms with Crippen molar-refractivity contribution in [2.45, 2.75) is 32.3 Å². The molecule has 0 aliphatic carbocycles. The van der Waals surface area contributed by atoms with Crippen LogP contribution in [0.3, 0.4) is 0 Å². The SMILES string of the molecule is CCCCN(C)S(=O)(=O)N1CCC(O)C1. The van der Waals surface area contributed by atoms with Gasteiger partial charge in [0.25, 0.3) is 10.2 Å². The molecule has 15 heavy (non-hydrogen) atoms. The van der Waals surface area contributed by atoms with Gasteiger partial charge in [0, 0.05) is 26.7 Å². The molecule has 0 aromatic rings. The van der Waals surface area contributed by atoms with E-state index in [1.807, 2.05) is 6.92 Å². The highest BCUT2D eigenvalue weighted by atomic mass is 32.2. The van der Waals surface area contributed by atoms with Gasteiger partial charge in [0.05, 0.1) is 6.10 Å². The number of nitrogens with zero attached hydrogens (tertiary/aromatic N) is 2. The van der Waals surface area contributed by atoms with Gasteiger partial charge in [-0.3, -0.25) is 0 Å². The predicted octanol–water partition coefficient (Wildman–Crippen LogP) is 0.0297. The molecular formula is C9H20N2O3S. The normalized spacial score (nSPS) is 23.9. The minimum atomic E-state index is -3.34. The zero-order chi connectivity index (χ0) is 11.5. The Morgan fingerprint density at radius 1 is 1.53 bits per heavy atom. The fourth-order valence-electron chi connectivity index (χ4n) is 1.61. The minimum absolute atomic E-state index is 0.235. The molecular weight excluding hydrogens is 216 g/mol. The second-order valence-electron chi connectivity index (χ2n) is 3.98. The van der Waals surface area contributed by atoms with Crippen molar-refractivity contribution in [1.29, 1.82) is 0 Å². The molecule has 1 aliphatic heterocycles. The zero-order valence-corrected chi connectivity index (χ0v) is 10.2. The molecule has 1 unspecified atom stereocenters. The summed E-state index contributed by atoms with van der Waals surface area (Å²) in [4.78, 5) is 0. The van der Waals surface area contributed by atoms with E-state index in [1.54, 1.807) is 7.05 Å². The summed E-state index contributed by atoms with van der Waals surface area (Å²) in [6, 6.07) is 0. The van der Waals surface area contributed by atoms with Crippen molar-refractivity contribution in [1.82, 2.24) is 8.61 Å². The van der Waals surface area contributed by atoms with Gasteiger partial charge in [-0.1, -0.05) is 13.3 Å². The minimum Gasteiger partial charge on any atom is -0.392 e. The average Bonchev–Trinajstić information content (AvgIpc) is 2.61. The lowest BCUT2D eigenvalue weighted by Crippen LogP contribution is -2.41. The number of β-amino-alcohol motifs (C(OH)–C–C–N with tert-alkyl or cyclic N) is 1. The van der Waals surface area contributed by atoms with E-state index in [0.29, 0.717) is 19.5 Å². The number of aliphatic hydroxyl groups is 1. The van der Waals surface area contributed by atoms with E-state index in [0.717, 1.165) is 12.8 Å². The van der Waals surface area contributed by atoms with Gasteiger partial charge in [-0.15, -0.1) is 0 Å². The van der Waals surface area contributed by atoms with Gasteiger partial charge in [-0.2, -0.15) is 17.0 Å². The fourth-order valence-corrected chi connectivity index (χ4v) is 3.06. The van der Waals surface area contributed by atoms with Crippen LogP contribution in [-0.2, 0) is 10.2 Å². The van der Waals surface area contributed by atoms with E-state index < -0.39 is 16.3 Å². The van der Waals surface area contributed by atoms with Crippen molar-refractivity contribution in [2.24, 2.45) is 0 Å². The lowest BCUT2D eigenvalue weighted by molar-refractivity contribution is 0.188. The molecule has 1 N–H and O–H groups in total. The van der Waals surface area contributed by atoms with Crippen LogP contribution in [0.2, 0.25) is 0 Å². The lowest BCUT2D eigenvalue weighted by atomic mass is 10.3. The van der Waals surface area contributed by atoms with Crippen molar-refractivity contribution in [3.8, 4) is 0 Å². The molecule has 1 fully saturated rings. The van der Waals surface area contributed by atoms with Crippen molar-refractivity contribution >= 4 is 10.2 Å². The van der Waals surface area contributed by atoms with Gasteiger partial charge >= 0.3 is 0 Å². The molecule has 1 aliphatic rings. The second kappa shape index (κ2) is 5.25. The van der Waals surface area contributed by atoms with Gasteiger partial charge in [0.1, 0.15) is 0 Å². The van der Waals surface area contributed by atoms with Crippen LogP contribution in [0.15, 0.2) is 0 Å². The summed E-state index contributed by atoms with van der Waals surface area (Å²) in [5.74, 6) is 0. The number of aliphatic hydroxyl groups excluding tert-OH is 1. The van der Waals surface area contributed by atoms with Gasteiger partial charge in [-0.05, 0) is 12.8 Å². The van der Waals surface area contributed by atoms with Crippen LogP contribution >= 0.6 is 0 Å². The first-order valence-electron chi connectivity index (χ1n) is 5.38. The number of rotatable bonds is 5. The van der Waals surface area contributed by atoms with Crippen molar-refractivity contribution in [2.75, 3.05) is 26.7 Å². The molecule has 6 heteroatoms. The molecule has 1 atom stereocenters. The largest absolute Gasteiger partial charge is 0.392 e. The predicted molar refractivity (Wildman–Crippen MR) is 58.7 cm³/mol. The maximum absolute atomic E-state index is 11.9. The van der Waals surface area contributed by atoms with E-state index in [2.05, 4.69) is 0 Å². The highest BCUT2D eigenvalue weighted by molar-refractivity contribution is 7.86. The van der Waals surface area contributed by atoms with Crippen LogP contribution in [0.5, 0.6) is 0 Å². The Morgan fingerprint density at radius 2 is 2.20 bits per heavy atom. The van der Waals surface area contributed by atoms with Gasteiger partial charge in [0.15, 0.2) is 0 Å². The molecule has 1 heterocycles. The van der Waals surface area contributed by atoms with Crippen molar-refractivity contribution in [3.05, 3.63) is 0 Å². The standard InChI is InChI=1S/C9H20N2O3S/c1-3-4-6-10(2)15(13,14)11-7-5-9(12)8-11/h9,12H,3-8H2,1-2H3. The first-order valence-corrected chi connectivity index (χ1v) is 6.77. The average molecular weight is 236 g/mol.